The van der Waals surface area contributed by atoms with Crippen LogP contribution in [0.2, 0.25) is 0 Å². The molecule has 0 fully saturated rings. The van der Waals surface area contributed by atoms with Crippen molar-refractivity contribution in [3.05, 3.63) is 48.3 Å². The molecule has 0 bridgehead atoms. The van der Waals surface area contributed by atoms with Gasteiger partial charge in [0.15, 0.2) is 0 Å². The molecule has 2 heterocycles. The minimum atomic E-state index is -0.146. The molecule has 1 aliphatic heterocycles. The van der Waals surface area contributed by atoms with Crippen LogP contribution in [0.3, 0.4) is 0 Å². The highest BCUT2D eigenvalue weighted by Gasteiger charge is 2.21. The molecule has 3 rings (SSSR count). The van der Waals surface area contributed by atoms with E-state index in [0.29, 0.717) is 19.0 Å². The Bertz CT molecular complexity index is 652. The molecule has 1 aromatic heterocycles. The zero-order valence-electron chi connectivity index (χ0n) is 12.7. The second kappa shape index (κ2) is 7.82. The van der Waals surface area contributed by atoms with Crippen molar-refractivity contribution in [2.45, 2.75) is 17.4 Å². The Morgan fingerprint density at radius 1 is 1.17 bits per heavy atom. The topological polar surface area (TPSA) is 78.9 Å². The molecule has 0 unspecified atom stereocenters. The van der Waals surface area contributed by atoms with E-state index in [-0.39, 0.29) is 12.1 Å². The first kappa shape index (κ1) is 15.6. The number of urea groups is 1. The van der Waals surface area contributed by atoms with Gasteiger partial charge in [-0.2, -0.15) is 0 Å². The number of carbonyl (C=O) groups excluding carboxylic acids is 1. The van der Waals surface area contributed by atoms with Crippen LogP contribution in [-0.4, -0.2) is 34.8 Å². The summed E-state index contributed by atoms with van der Waals surface area (Å²) in [5, 5.41) is 8.96. The van der Waals surface area contributed by atoms with Gasteiger partial charge < -0.3 is 16.0 Å². The Kier molecular flexibility index (Phi) is 5.31. The molecule has 2 amide bonds. The van der Waals surface area contributed by atoms with E-state index in [2.05, 4.69) is 38.1 Å². The summed E-state index contributed by atoms with van der Waals surface area (Å²) in [6, 6.07) is 9.94. The standard InChI is InChI=1S/C16H19N5OS/c22-16(20-10-9-19-15-17-7-3-8-18-15)21-13-6-11-23-14-5-2-1-4-12(13)14/h1-5,7-8,13H,6,9-11H2,(H,17,18,19)(H2,20,21,22)/t13-/m1/s1. The number of amides is 2. The van der Waals surface area contributed by atoms with Crippen LogP contribution in [0.15, 0.2) is 47.6 Å². The first-order valence-corrected chi connectivity index (χ1v) is 8.58. The van der Waals surface area contributed by atoms with Gasteiger partial charge in [0, 0.05) is 36.1 Å². The van der Waals surface area contributed by atoms with Gasteiger partial charge in [0.2, 0.25) is 5.95 Å². The Labute approximate surface area is 139 Å². The quantitative estimate of drug-likeness (QED) is 0.734. The third kappa shape index (κ3) is 4.35. The lowest BCUT2D eigenvalue weighted by atomic mass is 10.0. The van der Waals surface area contributed by atoms with Crippen LogP contribution in [0.4, 0.5) is 10.7 Å². The van der Waals surface area contributed by atoms with E-state index in [1.54, 1.807) is 18.5 Å². The highest BCUT2D eigenvalue weighted by molar-refractivity contribution is 7.99. The molecular weight excluding hydrogens is 310 g/mol. The predicted molar refractivity (Wildman–Crippen MR) is 91.6 cm³/mol. The lowest BCUT2D eigenvalue weighted by molar-refractivity contribution is 0.237. The van der Waals surface area contributed by atoms with Gasteiger partial charge in [-0.05, 0) is 24.1 Å². The van der Waals surface area contributed by atoms with Crippen molar-refractivity contribution >= 4 is 23.7 Å². The number of thioether (sulfide) groups is 1. The first-order valence-electron chi connectivity index (χ1n) is 7.60. The number of fused-ring (bicyclic) bond motifs is 1. The number of carbonyl (C=O) groups is 1. The van der Waals surface area contributed by atoms with E-state index in [0.717, 1.165) is 12.2 Å². The summed E-state index contributed by atoms with van der Waals surface area (Å²) >= 11 is 1.84. The van der Waals surface area contributed by atoms with Crippen molar-refractivity contribution in [1.82, 2.24) is 20.6 Å². The third-order valence-corrected chi connectivity index (χ3v) is 4.65. The zero-order chi connectivity index (χ0) is 15.9. The number of benzene rings is 1. The molecule has 120 valence electrons. The smallest absolute Gasteiger partial charge is 0.315 e. The van der Waals surface area contributed by atoms with Gasteiger partial charge in [0.1, 0.15) is 0 Å². The fourth-order valence-corrected chi connectivity index (χ4v) is 3.57. The van der Waals surface area contributed by atoms with Gasteiger partial charge in [-0.25, -0.2) is 14.8 Å². The van der Waals surface area contributed by atoms with E-state index in [4.69, 9.17) is 0 Å². The van der Waals surface area contributed by atoms with Crippen LogP contribution < -0.4 is 16.0 Å². The van der Waals surface area contributed by atoms with Gasteiger partial charge >= 0.3 is 6.03 Å². The number of hydrogen-bond donors (Lipinski definition) is 3. The molecule has 3 N–H and O–H groups in total. The number of nitrogens with zero attached hydrogens (tertiary/aromatic N) is 2. The fraction of sp³-hybridized carbons (Fsp3) is 0.312. The molecule has 1 atom stereocenters. The van der Waals surface area contributed by atoms with Gasteiger partial charge in [-0.15, -0.1) is 11.8 Å². The molecule has 1 aliphatic rings. The Balaban J connectivity index is 1.43. The molecule has 0 spiro atoms. The van der Waals surface area contributed by atoms with Gasteiger partial charge in [0.05, 0.1) is 6.04 Å². The Morgan fingerprint density at radius 3 is 2.87 bits per heavy atom. The maximum Gasteiger partial charge on any atom is 0.315 e. The first-order chi connectivity index (χ1) is 11.3. The van der Waals surface area contributed by atoms with E-state index in [1.807, 2.05) is 23.9 Å². The molecule has 23 heavy (non-hydrogen) atoms. The molecule has 0 aliphatic carbocycles. The predicted octanol–water partition coefficient (Wildman–Crippen LogP) is 2.42. The summed E-state index contributed by atoms with van der Waals surface area (Å²) in [4.78, 5) is 21.4. The molecule has 2 aromatic rings. The molecule has 0 saturated carbocycles. The van der Waals surface area contributed by atoms with Crippen molar-refractivity contribution in [1.29, 1.82) is 0 Å². The fourth-order valence-electron chi connectivity index (χ4n) is 2.44. The zero-order valence-corrected chi connectivity index (χ0v) is 13.5. The lowest BCUT2D eigenvalue weighted by Crippen LogP contribution is -2.40. The molecule has 7 heteroatoms. The number of aromatic nitrogens is 2. The number of anilines is 1. The molecule has 1 aromatic carbocycles. The van der Waals surface area contributed by atoms with Gasteiger partial charge in [-0.3, -0.25) is 0 Å². The second-order valence-electron chi connectivity index (χ2n) is 5.13. The largest absolute Gasteiger partial charge is 0.352 e. The second-order valence-corrected chi connectivity index (χ2v) is 6.26. The van der Waals surface area contributed by atoms with Crippen LogP contribution in [0.25, 0.3) is 0 Å². The van der Waals surface area contributed by atoms with Crippen molar-refractivity contribution < 1.29 is 4.79 Å². The SMILES string of the molecule is O=C(NCCNc1ncccn1)N[C@@H]1CCSc2ccccc21. The molecule has 0 saturated heterocycles. The lowest BCUT2D eigenvalue weighted by Gasteiger charge is -2.25. The molecular formula is C16H19N5OS. The normalized spacial score (nSPS) is 16.3. The molecule has 0 radical (unpaired) electrons. The van der Waals surface area contributed by atoms with Crippen LogP contribution in [0, 0.1) is 0 Å². The van der Waals surface area contributed by atoms with E-state index >= 15 is 0 Å². The average molecular weight is 329 g/mol. The Morgan fingerprint density at radius 2 is 2.00 bits per heavy atom. The van der Waals surface area contributed by atoms with Gasteiger partial charge in [0.25, 0.3) is 0 Å². The summed E-state index contributed by atoms with van der Waals surface area (Å²) in [5.74, 6) is 1.59. The van der Waals surface area contributed by atoms with Crippen molar-refractivity contribution in [3.63, 3.8) is 0 Å². The van der Waals surface area contributed by atoms with E-state index in [1.165, 1.54) is 10.5 Å². The van der Waals surface area contributed by atoms with Crippen molar-refractivity contribution in [2.75, 3.05) is 24.2 Å². The van der Waals surface area contributed by atoms with Crippen LogP contribution in [-0.2, 0) is 0 Å². The molecule has 6 nitrogen and oxygen atoms in total. The van der Waals surface area contributed by atoms with Crippen LogP contribution in [0.5, 0.6) is 0 Å². The minimum absolute atomic E-state index is 0.0814. The number of rotatable bonds is 5. The highest BCUT2D eigenvalue weighted by atomic mass is 32.2. The summed E-state index contributed by atoms with van der Waals surface area (Å²) in [7, 11) is 0. The number of nitrogens with one attached hydrogen (secondary N) is 3. The van der Waals surface area contributed by atoms with Crippen LogP contribution >= 0.6 is 11.8 Å². The van der Waals surface area contributed by atoms with E-state index in [9.17, 15) is 4.79 Å². The van der Waals surface area contributed by atoms with Gasteiger partial charge in [-0.1, -0.05) is 18.2 Å². The summed E-state index contributed by atoms with van der Waals surface area (Å²) < 4.78 is 0. The van der Waals surface area contributed by atoms with Crippen molar-refractivity contribution in [3.8, 4) is 0 Å². The Hall–Kier alpha value is -2.28. The monoisotopic (exact) mass is 329 g/mol. The summed E-state index contributed by atoms with van der Waals surface area (Å²) in [6.45, 7) is 1.09. The summed E-state index contributed by atoms with van der Waals surface area (Å²) in [6.07, 6.45) is 4.30. The maximum absolute atomic E-state index is 12.0. The maximum atomic E-state index is 12.0. The van der Waals surface area contributed by atoms with Crippen molar-refractivity contribution in [2.24, 2.45) is 0 Å². The highest BCUT2D eigenvalue weighted by Crippen LogP contribution is 2.35. The third-order valence-electron chi connectivity index (χ3n) is 3.52. The van der Waals surface area contributed by atoms with E-state index < -0.39 is 0 Å². The summed E-state index contributed by atoms with van der Waals surface area (Å²) in [5.41, 5.74) is 1.20. The van der Waals surface area contributed by atoms with Crippen LogP contribution in [0.1, 0.15) is 18.0 Å². The number of hydrogen-bond acceptors (Lipinski definition) is 5. The minimum Gasteiger partial charge on any atom is -0.352 e. The average Bonchev–Trinajstić information content (AvgIpc) is 2.60.